The number of aliphatic hydroxyl groups is 1. The predicted molar refractivity (Wildman–Crippen MR) is 107 cm³/mol. The first kappa shape index (κ1) is 20.8. The van der Waals surface area contributed by atoms with Crippen LogP contribution in [-0.4, -0.2) is 47.1 Å². The second kappa shape index (κ2) is 6.52. The summed E-state index contributed by atoms with van der Waals surface area (Å²) in [6.07, 6.45) is -1.12. The highest BCUT2D eigenvalue weighted by atomic mass is 19.4. The summed E-state index contributed by atoms with van der Waals surface area (Å²) in [5.41, 5.74) is 3.35. The van der Waals surface area contributed by atoms with E-state index in [1.165, 1.54) is 24.5 Å². The summed E-state index contributed by atoms with van der Waals surface area (Å²) in [6, 6.07) is 7.77. The molecule has 4 N–H and O–H groups in total. The lowest BCUT2D eigenvalue weighted by atomic mass is 9.62. The van der Waals surface area contributed by atoms with Crippen molar-refractivity contribution in [3.8, 4) is 0 Å². The molecular formula is C22H25F3N4O. The van der Waals surface area contributed by atoms with Crippen LogP contribution in [0.5, 0.6) is 0 Å². The molecule has 1 atom stereocenters. The second-order valence-corrected chi connectivity index (χ2v) is 8.98. The third-order valence-electron chi connectivity index (χ3n) is 6.73. The van der Waals surface area contributed by atoms with Crippen LogP contribution in [0.4, 0.5) is 13.2 Å². The van der Waals surface area contributed by atoms with E-state index in [0.29, 0.717) is 29.8 Å². The van der Waals surface area contributed by atoms with Crippen molar-refractivity contribution in [1.29, 1.82) is 5.41 Å². The van der Waals surface area contributed by atoms with Crippen LogP contribution in [-0.2, 0) is 11.0 Å². The van der Waals surface area contributed by atoms with E-state index in [9.17, 15) is 18.3 Å². The molecule has 0 radical (unpaired) electrons. The molecule has 1 aromatic carbocycles. The van der Waals surface area contributed by atoms with Crippen LogP contribution in [0.1, 0.15) is 42.0 Å². The zero-order valence-corrected chi connectivity index (χ0v) is 16.9. The number of nitrogens with zero attached hydrogens (tertiary/aromatic N) is 2. The van der Waals surface area contributed by atoms with Crippen molar-refractivity contribution in [2.24, 2.45) is 11.1 Å². The first-order valence-corrected chi connectivity index (χ1v) is 9.82. The van der Waals surface area contributed by atoms with Crippen LogP contribution in [0.25, 0.3) is 0 Å². The van der Waals surface area contributed by atoms with Gasteiger partial charge in [0.15, 0.2) is 0 Å². The molecule has 4 rings (SSSR count). The molecule has 5 nitrogen and oxygen atoms in total. The molecule has 1 aliphatic heterocycles. The number of amidine groups is 1. The molecule has 1 aliphatic carbocycles. The molecule has 8 heteroatoms. The molecule has 2 aliphatic rings. The molecule has 1 aromatic heterocycles. The summed E-state index contributed by atoms with van der Waals surface area (Å²) < 4.78 is 40.5. The minimum absolute atomic E-state index is 0.0905. The molecule has 0 bridgehead atoms. The van der Waals surface area contributed by atoms with Crippen molar-refractivity contribution in [3.63, 3.8) is 0 Å². The topological polar surface area (TPSA) is 86.2 Å². The Bertz CT molecular complexity index is 979. The van der Waals surface area contributed by atoms with Gasteiger partial charge in [-0.25, -0.2) is 0 Å². The van der Waals surface area contributed by atoms with E-state index in [1.54, 1.807) is 18.2 Å². The largest absolute Gasteiger partial charge is 0.398 e. The van der Waals surface area contributed by atoms with Gasteiger partial charge in [0, 0.05) is 42.0 Å². The number of nitrogen functional groups attached to an aromatic ring is 1. The van der Waals surface area contributed by atoms with Crippen LogP contribution in [0.3, 0.4) is 0 Å². The standard InChI is InChI=1S/C22H25F3N4O/c1-19(12-29(2)13-19)21(30,17-9-14(18(26)27)10-28-11-17)16-5-3-15(4-6-16)20(7-8-20)22(23,24)25/h3-6,9-11,30H,7-8,12-13H2,1-2H3,(H3,26,27). The van der Waals surface area contributed by atoms with Gasteiger partial charge >= 0.3 is 6.18 Å². The van der Waals surface area contributed by atoms with E-state index in [0.717, 1.165) is 0 Å². The van der Waals surface area contributed by atoms with Gasteiger partial charge in [-0.05, 0) is 37.1 Å². The van der Waals surface area contributed by atoms with Gasteiger partial charge in [-0.15, -0.1) is 0 Å². The van der Waals surface area contributed by atoms with Gasteiger partial charge in [0.25, 0.3) is 0 Å². The molecular weight excluding hydrogens is 393 g/mol. The lowest BCUT2D eigenvalue weighted by Gasteiger charge is -2.55. The number of benzene rings is 1. The van der Waals surface area contributed by atoms with Gasteiger partial charge in [-0.1, -0.05) is 31.2 Å². The maximum atomic E-state index is 13.5. The molecule has 1 saturated carbocycles. The first-order valence-electron chi connectivity index (χ1n) is 9.82. The lowest BCUT2D eigenvalue weighted by Crippen LogP contribution is -2.63. The van der Waals surface area contributed by atoms with Crippen LogP contribution in [0.15, 0.2) is 42.7 Å². The number of halogens is 3. The summed E-state index contributed by atoms with van der Waals surface area (Å²) >= 11 is 0. The Kier molecular flexibility index (Phi) is 4.52. The maximum Gasteiger partial charge on any atom is 0.398 e. The van der Waals surface area contributed by atoms with Gasteiger partial charge in [0.1, 0.15) is 11.4 Å². The number of hydrogen-bond donors (Lipinski definition) is 3. The van der Waals surface area contributed by atoms with Crippen molar-refractivity contribution in [2.45, 2.75) is 37.0 Å². The number of rotatable bonds is 5. The number of pyridine rings is 1. The Balaban J connectivity index is 1.80. The summed E-state index contributed by atoms with van der Waals surface area (Å²) in [6.45, 7) is 3.14. The van der Waals surface area contributed by atoms with E-state index in [-0.39, 0.29) is 24.2 Å². The molecule has 0 spiro atoms. The summed E-state index contributed by atoms with van der Waals surface area (Å²) in [5.74, 6) is -0.168. The minimum Gasteiger partial charge on any atom is -0.384 e. The molecule has 2 heterocycles. The lowest BCUT2D eigenvalue weighted by molar-refractivity contribution is -0.160. The zero-order valence-electron chi connectivity index (χ0n) is 16.9. The number of hydrogen-bond acceptors (Lipinski definition) is 4. The van der Waals surface area contributed by atoms with Crippen LogP contribution >= 0.6 is 0 Å². The van der Waals surface area contributed by atoms with Crippen molar-refractivity contribution in [2.75, 3.05) is 20.1 Å². The maximum absolute atomic E-state index is 13.5. The van der Waals surface area contributed by atoms with E-state index in [2.05, 4.69) is 9.88 Å². The van der Waals surface area contributed by atoms with Crippen molar-refractivity contribution < 1.29 is 18.3 Å². The fraction of sp³-hybridized carbons (Fsp3) is 0.455. The summed E-state index contributed by atoms with van der Waals surface area (Å²) in [7, 11) is 1.94. The highest BCUT2D eigenvalue weighted by Crippen LogP contribution is 2.59. The minimum atomic E-state index is -4.28. The quantitative estimate of drug-likeness (QED) is 0.514. The molecule has 30 heavy (non-hydrogen) atoms. The number of alkyl halides is 3. The molecule has 2 aromatic rings. The fourth-order valence-corrected chi connectivity index (χ4v) is 4.91. The molecule has 2 fully saturated rings. The second-order valence-electron chi connectivity index (χ2n) is 8.98. The predicted octanol–water partition coefficient (Wildman–Crippen LogP) is 3.15. The summed E-state index contributed by atoms with van der Waals surface area (Å²) in [4.78, 5) is 6.20. The Morgan fingerprint density at radius 1 is 1.13 bits per heavy atom. The third kappa shape index (κ3) is 2.93. The zero-order chi connectivity index (χ0) is 21.9. The SMILES string of the molecule is CN1CC(C)(C(O)(c2ccc(C3(C(F)(F)F)CC3)cc2)c2cncc(C(=N)N)c2)C1. The Hall–Kier alpha value is -2.45. The van der Waals surface area contributed by atoms with Gasteiger partial charge in [-0.3, -0.25) is 10.4 Å². The highest BCUT2D eigenvalue weighted by molar-refractivity contribution is 5.94. The number of likely N-dealkylation sites (tertiary alicyclic amines) is 1. The number of nitrogens with one attached hydrogen (secondary N) is 1. The Labute approximate surface area is 173 Å². The van der Waals surface area contributed by atoms with Crippen LogP contribution < -0.4 is 5.73 Å². The average molecular weight is 418 g/mol. The fourth-order valence-electron chi connectivity index (χ4n) is 4.91. The Morgan fingerprint density at radius 2 is 1.73 bits per heavy atom. The summed E-state index contributed by atoms with van der Waals surface area (Å²) in [5, 5.41) is 19.7. The average Bonchev–Trinajstić information content (AvgIpc) is 3.48. The normalized spacial score (nSPS) is 22.1. The van der Waals surface area contributed by atoms with E-state index in [4.69, 9.17) is 11.1 Å². The number of nitrogens with two attached hydrogens (primary N) is 1. The van der Waals surface area contributed by atoms with Crippen molar-refractivity contribution in [3.05, 3.63) is 65.0 Å². The van der Waals surface area contributed by atoms with E-state index >= 15 is 0 Å². The molecule has 160 valence electrons. The van der Waals surface area contributed by atoms with Crippen molar-refractivity contribution >= 4 is 5.84 Å². The molecule has 1 unspecified atom stereocenters. The smallest absolute Gasteiger partial charge is 0.384 e. The monoisotopic (exact) mass is 418 g/mol. The van der Waals surface area contributed by atoms with Gasteiger partial charge in [0.05, 0.1) is 5.41 Å². The Morgan fingerprint density at radius 3 is 2.20 bits per heavy atom. The van der Waals surface area contributed by atoms with E-state index < -0.39 is 22.6 Å². The third-order valence-corrected chi connectivity index (χ3v) is 6.73. The van der Waals surface area contributed by atoms with Crippen LogP contribution in [0.2, 0.25) is 0 Å². The van der Waals surface area contributed by atoms with E-state index in [1.807, 2.05) is 14.0 Å². The molecule has 0 amide bonds. The molecule has 1 saturated heterocycles. The van der Waals surface area contributed by atoms with Crippen LogP contribution in [0, 0.1) is 10.8 Å². The van der Waals surface area contributed by atoms with Gasteiger partial charge in [-0.2, -0.15) is 13.2 Å². The van der Waals surface area contributed by atoms with Crippen molar-refractivity contribution in [1.82, 2.24) is 9.88 Å². The number of aromatic nitrogens is 1. The first-order chi connectivity index (χ1) is 13.9. The van der Waals surface area contributed by atoms with Gasteiger partial charge in [0.2, 0.25) is 0 Å². The highest BCUT2D eigenvalue weighted by Gasteiger charge is 2.64. The van der Waals surface area contributed by atoms with Gasteiger partial charge < -0.3 is 15.7 Å².